The summed E-state index contributed by atoms with van der Waals surface area (Å²) in [7, 11) is 2.03. The molecule has 0 saturated carbocycles. The molecule has 10 heteroatoms. The summed E-state index contributed by atoms with van der Waals surface area (Å²) in [5, 5.41) is 2.91. The predicted octanol–water partition coefficient (Wildman–Crippen LogP) is 3.45. The van der Waals surface area contributed by atoms with Crippen LogP contribution in [-0.2, 0) is 0 Å². The van der Waals surface area contributed by atoms with Crippen LogP contribution in [0.4, 0.5) is 14.6 Å². The molecule has 3 aromatic heterocycles. The molecule has 180 valence electrons. The second kappa shape index (κ2) is 9.03. The number of nitrogens with zero attached hydrogens (tertiary/aromatic N) is 5. The van der Waals surface area contributed by atoms with E-state index in [1.54, 1.807) is 12.3 Å². The number of hydrogen-bond donors (Lipinski definition) is 2. The number of amides is 1. The lowest BCUT2D eigenvalue weighted by Gasteiger charge is -2.20. The Kier molecular flexibility index (Phi) is 5.89. The average molecular weight is 478 g/mol. The fraction of sp³-hybridized carbons (Fsp3) is 0.280. The van der Waals surface area contributed by atoms with Crippen LogP contribution in [0, 0.1) is 18.6 Å². The molecule has 1 atom stereocenters. The molecule has 1 saturated heterocycles. The number of pyridine rings is 1. The minimum Gasteiger partial charge on any atom is -0.382 e. The zero-order chi connectivity index (χ0) is 24.7. The summed E-state index contributed by atoms with van der Waals surface area (Å²) in [6.07, 6.45) is 5.64. The van der Waals surface area contributed by atoms with E-state index in [1.807, 2.05) is 30.6 Å². The van der Waals surface area contributed by atoms with Crippen molar-refractivity contribution >= 4 is 17.4 Å². The van der Waals surface area contributed by atoms with Crippen LogP contribution in [0.2, 0.25) is 0 Å². The number of nitrogens with two attached hydrogens (primary N) is 1. The number of hydrogen-bond acceptors (Lipinski definition) is 6. The minimum atomic E-state index is -1.02. The number of fused-ring (bicyclic) bond motifs is 1. The Morgan fingerprint density at radius 1 is 1.14 bits per heavy atom. The maximum atomic E-state index is 14.1. The van der Waals surface area contributed by atoms with Gasteiger partial charge in [-0.05, 0) is 63.7 Å². The third kappa shape index (κ3) is 4.32. The molecule has 1 aliphatic heterocycles. The molecular weight excluding hydrogens is 452 g/mol. The molecule has 8 nitrogen and oxygen atoms in total. The fourth-order valence-electron chi connectivity index (χ4n) is 4.44. The van der Waals surface area contributed by atoms with Crippen molar-refractivity contribution in [1.29, 1.82) is 0 Å². The van der Waals surface area contributed by atoms with Crippen molar-refractivity contribution in [2.45, 2.75) is 25.8 Å². The van der Waals surface area contributed by atoms with E-state index in [1.165, 1.54) is 6.07 Å². The zero-order valence-electron chi connectivity index (χ0n) is 19.4. The number of nitrogen functional groups attached to an aromatic ring is 1. The smallest absolute Gasteiger partial charge is 0.273 e. The number of aryl methyl sites for hydroxylation is 1. The third-order valence-electron chi connectivity index (χ3n) is 6.46. The number of benzene rings is 1. The number of imidazole rings is 1. The summed E-state index contributed by atoms with van der Waals surface area (Å²) in [6, 6.07) is 7.32. The summed E-state index contributed by atoms with van der Waals surface area (Å²) in [5.74, 6) is -2.52. The molecule has 3 N–H and O–H groups in total. The van der Waals surface area contributed by atoms with Crippen LogP contribution in [0.15, 0.2) is 42.7 Å². The van der Waals surface area contributed by atoms with Crippen molar-refractivity contribution < 1.29 is 13.6 Å². The molecule has 4 aromatic rings. The van der Waals surface area contributed by atoms with Gasteiger partial charge in [-0.25, -0.2) is 23.7 Å². The molecule has 35 heavy (non-hydrogen) atoms. The molecule has 0 spiro atoms. The Morgan fingerprint density at radius 3 is 2.66 bits per heavy atom. The van der Waals surface area contributed by atoms with E-state index < -0.39 is 17.5 Å². The summed E-state index contributed by atoms with van der Waals surface area (Å²) >= 11 is 0. The topological polar surface area (TPSA) is 101 Å². The van der Waals surface area contributed by atoms with Gasteiger partial charge in [0.25, 0.3) is 5.91 Å². The predicted molar refractivity (Wildman–Crippen MR) is 129 cm³/mol. The number of carbonyl (C=O) groups excluding carboxylic acids is 1. The average Bonchev–Trinajstić information content (AvgIpc) is 3.43. The number of rotatable bonds is 5. The Bertz CT molecular complexity index is 1440. The molecule has 1 amide bonds. The van der Waals surface area contributed by atoms with Crippen LogP contribution in [0.1, 0.15) is 29.0 Å². The van der Waals surface area contributed by atoms with Gasteiger partial charge in [0.1, 0.15) is 5.65 Å². The summed E-state index contributed by atoms with van der Waals surface area (Å²) in [4.78, 5) is 28.6. The van der Waals surface area contributed by atoms with Gasteiger partial charge >= 0.3 is 0 Å². The van der Waals surface area contributed by atoms with Crippen molar-refractivity contribution in [3.63, 3.8) is 0 Å². The van der Waals surface area contributed by atoms with Gasteiger partial charge in [0.2, 0.25) is 0 Å². The third-order valence-corrected chi connectivity index (χ3v) is 6.46. The number of carbonyl (C=O) groups is 1. The molecule has 0 unspecified atom stereocenters. The van der Waals surface area contributed by atoms with Crippen LogP contribution in [0.3, 0.4) is 0 Å². The highest BCUT2D eigenvalue weighted by atomic mass is 19.2. The van der Waals surface area contributed by atoms with E-state index in [2.05, 4.69) is 25.2 Å². The van der Waals surface area contributed by atoms with Gasteiger partial charge in [-0.2, -0.15) is 0 Å². The monoisotopic (exact) mass is 477 g/mol. The largest absolute Gasteiger partial charge is 0.382 e. The Labute approximate surface area is 200 Å². The molecular formula is C25H25F2N7O. The lowest BCUT2D eigenvalue weighted by Crippen LogP contribution is -2.38. The zero-order valence-corrected chi connectivity index (χ0v) is 19.4. The first-order chi connectivity index (χ1) is 16.8. The standard InChI is InChI=1S/C25H25F2N7O/c1-14-11-29-20-8-6-16(13-34(14)20)22-21(15-5-7-18(26)19(27)10-15)32-24(28)23(31-22)25(35)30-12-17-4-3-9-33(17)2/h5-8,10-11,13,17H,3-4,9,12H2,1-2H3,(H2,28,32)(H,30,35)/t17-/m1/s1. The first kappa shape index (κ1) is 22.9. The van der Waals surface area contributed by atoms with Crippen molar-refractivity contribution in [3.05, 3.63) is 65.7 Å². The normalized spacial score (nSPS) is 16.2. The van der Waals surface area contributed by atoms with E-state index in [4.69, 9.17) is 5.73 Å². The highest BCUT2D eigenvalue weighted by Gasteiger charge is 2.24. The van der Waals surface area contributed by atoms with E-state index in [-0.39, 0.29) is 23.2 Å². The Morgan fingerprint density at radius 2 is 1.91 bits per heavy atom. The maximum absolute atomic E-state index is 14.1. The lowest BCUT2D eigenvalue weighted by molar-refractivity contribution is 0.0939. The van der Waals surface area contributed by atoms with E-state index in [9.17, 15) is 13.6 Å². The number of halogens is 2. The number of nitrogens with one attached hydrogen (secondary N) is 1. The van der Waals surface area contributed by atoms with Gasteiger partial charge in [0.05, 0.1) is 11.4 Å². The van der Waals surface area contributed by atoms with Crippen molar-refractivity contribution in [3.8, 4) is 22.5 Å². The highest BCUT2D eigenvalue weighted by Crippen LogP contribution is 2.32. The van der Waals surface area contributed by atoms with E-state index in [0.717, 1.165) is 42.9 Å². The van der Waals surface area contributed by atoms with Gasteiger partial charge in [-0.3, -0.25) is 4.79 Å². The van der Waals surface area contributed by atoms with Crippen LogP contribution in [0.5, 0.6) is 0 Å². The van der Waals surface area contributed by atoms with Crippen molar-refractivity contribution in [2.75, 3.05) is 25.9 Å². The number of likely N-dealkylation sites (tertiary alicyclic amines) is 1. The van der Waals surface area contributed by atoms with Gasteiger partial charge in [0.15, 0.2) is 23.1 Å². The summed E-state index contributed by atoms with van der Waals surface area (Å²) in [6.45, 7) is 3.37. The second-order valence-corrected chi connectivity index (χ2v) is 8.82. The van der Waals surface area contributed by atoms with Gasteiger partial charge in [0, 0.05) is 41.8 Å². The van der Waals surface area contributed by atoms with E-state index in [0.29, 0.717) is 23.4 Å². The number of likely N-dealkylation sites (N-methyl/N-ethyl adjacent to an activating group) is 1. The van der Waals surface area contributed by atoms with Gasteiger partial charge in [-0.15, -0.1) is 0 Å². The number of anilines is 1. The van der Waals surface area contributed by atoms with Gasteiger partial charge < -0.3 is 20.4 Å². The van der Waals surface area contributed by atoms with Gasteiger partial charge in [-0.1, -0.05) is 0 Å². The van der Waals surface area contributed by atoms with Crippen LogP contribution >= 0.6 is 0 Å². The summed E-state index contributed by atoms with van der Waals surface area (Å²) in [5.41, 5.74) is 9.25. The van der Waals surface area contributed by atoms with Crippen LogP contribution in [-0.4, -0.2) is 56.3 Å². The first-order valence-electron chi connectivity index (χ1n) is 11.4. The SMILES string of the molecule is Cc1cnc2ccc(-c3nc(C(=O)NC[C@H]4CCCN4C)c(N)nc3-c3ccc(F)c(F)c3)cn12. The lowest BCUT2D eigenvalue weighted by atomic mass is 10.0. The fourth-order valence-corrected chi connectivity index (χ4v) is 4.44. The molecule has 4 heterocycles. The Hall–Kier alpha value is -3.92. The molecule has 5 rings (SSSR count). The quantitative estimate of drug-likeness (QED) is 0.457. The maximum Gasteiger partial charge on any atom is 0.273 e. The molecule has 1 aromatic carbocycles. The highest BCUT2D eigenvalue weighted by molar-refractivity contribution is 5.98. The second-order valence-electron chi connectivity index (χ2n) is 8.82. The summed E-state index contributed by atoms with van der Waals surface area (Å²) < 4.78 is 29.6. The number of aromatic nitrogens is 4. The molecule has 1 aliphatic rings. The van der Waals surface area contributed by atoms with Crippen molar-refractivity contribution in [2.24, 2.45) is 0 Å². The van der Waals surface area contributed by atoms with Crippen LogP contribution in [0.25, 0.3) is 28.2 Å². The first-order valence-corrected chi connectivity index (χ1v) is 11.4. The van der Waals surface area contributed by atoms with Crippen molar-refractivity contribution in [1.82, 2.24) is 29.6 Å². The molecule has 1 fully saturated rings. The molecule has 0 bridgehead atoms. The van der Waals surface area contributed by atoms with Crippen LogP contribution < -0.4 is 11.1 Å². The van der Waals surface area contributed by atoms with E-state index >= 15 is 0 Å². The Balaban J connectivity index is 1.59. The molecule has 0 aliphatic carbocycles. The minimum absolute atomic E-state index is 0.0190. The molecule has 0 radical (unpaired) electrons.